The third-order valence-corrected chi connectivity index (χ3v) is 8.22. The SMILES string of the molecule is Cc1cc(O)cc(C)c1C[C@H](N)C(=O)N[C@H](C)C(=O)NC[C@H](Cc1ccccc1)N/C(=N\C(=O)OCc1ccccc1)NC(=O)OCc1ccccc1. The van der Waals surface area contributed by atoms with Crippen LogP contribution in [0.3, 0.4) is 0 Å². The van der Waals surface area contributed by atoms with E-state index in [4.69, 9.17) is 15.2 Å². The molecule has 0 spiro atoms. The number of hydrogen-bond donors (Lipinski definition) is 6. The van der Waals surface area contributed by atoms with Gasteiger partial charge in [0.25, 0.3) is 0 Å². The summed E-state index contributed by atoms with van der Waals surface area (Å²) in [6, 6.07) is 28.2. The molecular formula is C40H46N6O7. The van der Waals surface area contributed by atoms with Gasteiger partial charge in [0.1, 0.15) is 25.0 Å². The number of aryl methyl sites for hydroxylation is 2. The number of guanidine groups is 1. The lowest BCUT2D eigenvalue weighted by atomic mass is 9.96. The van der Waals surface area contributed by atoms with E-state index in [0.717, 1.165) is 33.4 Å². The van der Waals surface area contributed by atoms with Crippen LogP contribution >= 0.6 is 0 Å². The summed E-state index contributed by atoms with van der Waals surface area (Å²) in [5.41, 5.74) is 11.1. The van der Waals surface area contributed by atoms with Crippen LogP contribution in [0.2, 0.25) is 0 Å². The van der Waals surface area contributed by atoms with E-state index in [-0.39, 0.29) is 37.9 Å². The molecule has 13 heteroatoms. The molecular weight excluding hydrogens is 676 g/mol. The highest BCUT2D eigenvalue weighted by molar-refractivity contribution is 5.99. The minimum absolute atomic E-state index is 0.00468. The first kappa shape index (κ1) is 39.6. The largest absolute Gasteiger partial charge is 0.508 e. The normalized spacial score (nSPS) is 12.8. The van der Waals surface area contributed by atoms with Crippen molar-refractivity contribution >= 4 is 30.0 Å². The van der Waals surface area contributed by atoms with Gasteiger partial charge in [0.15, 0.2) is 0 Å². The summed E-state index contributed by atoms with van der Waals surface area (Å²) in [6.45, 7) is 5.13. The Kier molecular flexibility index (Phi) is 14.9. The number of carbonyl (C=O) groups excluding carboxylic acids is 4. The summed E-state index contributed by atoms with van der Waals surface area (Å²) < 4.78 is 10.7. The predicted molar refractivity (Wildman–Crippen MR) is 201 cm³/mol. The lowest BCUT2D eigenvalue weighted by Gasteiger charge is -2.23. The molecule has 4 aromatic carbocycles. The van der Waals surface area contributed by atoms with Crippen LogP contribution in [0.5, 0.6) is 5.75 Å². The van der Waals surface area contributed by atoms with Gasteiger partial charge < -0.3 is 36.3 Å². The number of rotatable bonds is 14. The van der Waals surface area contributed by atoms with E-state index in [2.05, 4.69) is 26.3 Å². The summed E-state index contributed by atoms with van der Waals surface area (Å²) in [5, 5.41) is 20.9. The Labute approximate surface area is 309 Å². The molecule has 0 saturated heterocycles. The molecule has 0 heterocycles. The maximum absolute atomic E-state index is 13.2. The van der Waals surface area contributed by atoms with E-state index in [1.165, 1.54) is 6.92 Å². The number of hydrogen-bond acceptors (Lipinski definition) is 8. The molecule has 0 unspecified atom stereocenters. The van der Waals surface area contributed by atoms with Crippen molar-refractivity contribution in [1.82, 2.24) is 21.3 Å². The maximum Gasteiger partial charge on any atom is 0.437 e. The molecule has 3 atom stereocenters. The molecule has 4 amide bonds. The highest BCUT2D eigenvalue weighted by Crippen LogP contribution is 2.22. The van der Waals surface area contributed by atoms with Crippen LogP contribution in [0.15, 0.2) is 108 Å². The predicted octanol–water partition coefficient (Wildman–Crippen LogP) is 4.32. The zero-order valence-corrected chi connectivity index (χ0v) is 30.0. The molecule has 278 valence electrons. The molecule has 4 rings (SSSR count). The third kappa shape index (κ3) is 13.5. The van der Waals surface area contributed by atoms with E-state index in [0.29, 0.717) is 6.42 Å². The molecule has 0 fully saturated rings. The van der Waals surface area contributed by atoms with Gasteiger partial charge in [-0.3, -0.25) is 14.9 Å². The second-order valence-electron chi connectivity index (χ2n) is 12.6. The summed E-state index contributed by atoms with van der Waals surface area (Å²) in [6.07, 6.45) is -1.27. The van der Waals surface area contributed by atoms with Gasteiger partial charge >= 0.3 is 12.2 Å². The zero-order valence-electron chi connectivity index (χ0n) is 30.0. The van der Waals surface area contributed by atoms with Crippen LogP contribution in [0.25, 0.3) is 0 Å². The van der Waals surface area contributed by atoms with Crippen molar-refractivity contribution in [1.29, 1.82) is 0 Å². The van der Waals surface area contributed by atoms with Crippen molar-refractivity contribution in [2.75, 3.05) is 6.54 Å². The fourth-order valence-electron chi connectivity index (χ4n) is 5.43. The Hall–Kier alpha value is -6.21. The van der Waals surface area contributed by atoms with Gasteiger partial charge in [-0.15, -0.1) is 4.99 Å². The molecule has 0 saturated carbocycles. The van der Waals surface area contributed by atoms with Crippen LogP contribution in [0.1, 0.15) is 40.3 Å². The van der Waals surface area contributed by atoms with E-state index >= 15 is 0 Å². The van der Waals surface area contributed by atoms with Gasteiger partial charge in [0.05, 0.1) is 12.1 Å². The van der Waals surface area contributed by atoms with Crippen molar-refractivity contribution in [3.8, 4) is 5.75 Å². The number of amides is 4. The summed E-state index contributed by atoms with van der Waals surface area (Å²) >= 11 is 0. The first-order valence-electron chi connectivity index (χ1n) is 17.2. The number of nitrogens with one attached hydrogen (secondary N) is 4. The number of aromatic hydroxyl groups is 1. The number of ether oxygens (including phenoxy) is 2. The van der Waals surface area contributed by atoms with Gasteiger partial charge in [0.2, 0.25) is 17.8 Å². The number of nitrogens with two attached hydrogens (primary N) is 1. The maximum atomic E-state index is 13.2. The van der Waals surface area contributed by atoms with Crippen LogP contribution in [0, 0.1) is 13.8 Å². The first-order chi connectivity index (χ1) is 25.5. The minimum atomic E-state index is -0.965. The molecule has 4 aromatic rings. The molecule has 0 bridgehead atoms. The highest BCUT2D eigenvalue weighted by atomic mass is 16.6. The third-order valence-electron chi connectivity index (χ3n) is 8.22. The second-order valence-corrected chi connectivity index (χ2v) is 12.6. The molecule has 13 nitrogen and oxygen atoms in total. The van der Waals surface area contributed by atoms with Crippen molar-refractivity contribution in [3.05, 3.63) is 137 Å². The summed E-state index contributed by atoms with van der Waals surface area (Å²) in [5.74, 6) is -1.12. The van der Waals surface area contributed by atoms with Crippen LogP contribution in [-0.4, -0.2) is 59.7 Å². The number of benzene rings is 4. The Balaban J connectivity index is 1.43. The van der Waals surface area contributed by atoms with Crippen LogP contribution < -0.4 is 27.0 Å². The number of nitrogens with zero attached hydrogens (tertiary/aromatic N) is 1. The highest BCUT2D eigenvalue weighted by Gasteiger charge is 2.23. The fourth-order valence-corrected chi connectivity index (χ4v) is 5.43. The van der Waals surface area contributed by atoms with E-state index in [1.54, 1.807) is 36.4 Å². The molecule has 0 aliphatic carbocycles. The topological polar surface area (TPSA) is 193 Å². The Morgan fingerprint density at radius 2 is 1.26 bits per heavy atom. The van der Waals surface area contributed by atoms with E-state index in [9.17, 15) is 24.3 Å². The van der Waals surface area contributed by atoms with Crippen LogP contribution in [0.4, 0.5) is 9.59 Å². The number of alkyl carbamates (subject to hydrolysis) is 1. The minimum Gasteiger partial charge on any atom is -0.508 e. The smallest absolute Gasteiger partial charge is 0.437 e. The zero-order chi connectivity index (χ0) is 38.2. The Morgan fingerprint density at radius 1 is 0.736 bits per heavy atom. The number of carbonyl (C=O) groups is 4. The van der Waals surface area contributed by atoms with E-state index < -0.39 is 42.1 Å². The Bertz CT molecular complexity index is 1830. The molecule has 0 radical (unpaired) electrons. The van der Waals surface area contributed by atoms with Crippen molar-refractivity contribution < 1.29 is 33.8 Å². The number of phenols is 1. The average molecular weight is 723 g/mol. The van der Waals surface area contributed by atoms with Gasteiger partial charge in [-0.25, -0.2) is 9.59 Å². The second kappa shape index (κ2) is 20.0. The van der Waals surface area contributed by atoms with Gasteiger partial charge in [-0.05, 0) is 79.1 Å². The van der Waals surface area contributed by atoms with Crippen molar-refractivity contribution in [3.63, 3.8) is 0 Å². The quantitative estimate of drug-likeness (QED) is 0.0812. The molecule has 53 heavy (non-hydrogen) atoms. The number of aliphatic imine (C=N–C) groups is 1. The number of phenolic OH excluding ortho intramolecular Hbond substituents is 1. The van der Waals surface area contributed by atoms with Crippen molar-refractivity contribution in [2.45, 2.75) is 65.0 Å². The standard InChI is InChI=1S/C40H46N6O7/c1-26-19-33(47)20-27(2)34(26)22-35(41)37(49)43-28(3)36(48)42-23-32(21-29-13-7-4-8-14-29)44-38(45-39(50)52-24-30-15-9-5-10-16-30)46-40(51)53-25-31-17-11-6-12-18-31/h4-20,28,32,35,47H,21-25,41H2,1-3H3,(H,42,48)(H,43,49)(H2,44,45,46,50,51)/t28-,32+,35+/m1/s1. The Morgan fingerprint density at radius 3 is 1.83 bits per heavy atom. The lowest BCUT2D eigenvalue weighted by molar-refractivity contribution is -0.129. The molecule has 0 aliphatic heterocycles. The summed E-state index contributed by atoms with van der Waals surface area (Å²) in [7, 11) is 0. The van der Waals surface area contributed by atoms with Crippen LogP contribution in [-0.2, 0) is 45.1 Å². The van der Waals surface area contributed by atoms with E-state index in [1.807, 2.05) is 80.6 Å². The van der Waals surface area contributed by atoms with Gasteiger partial charge in [0, 0.05) is 6.54 Å². The van der Waals surface area contributed by atoms with Gasteiger partial charge in [-0.2, -0.15) is 0 Å². The molecule has 7 N–H and O–H groups in total. The molecule has 0 aliphatic rings. The first-order valence-corrected chi connectivity index (χ1v) is 17.2. The monoisotopic (exact) mass is 722 g/mol. The average Bonchev–Trinajstić information content (AvgIpc) is 3.14. The lowest BCUT2D eigenvalue weighted by Crippen LogP contribution is -2.54. The molecule has 0 aromatic heterocycles. The fraction of sp³-hybridized carbons (Fsp3) is 0.275. The van der Waals surface area contributed by atoms with Gasteiger partial charge in [-0.1, -0.05) is 91.0 Å². The summed E-state index contributed by atoms with van der Waals surface area (Å²) in [4.78, 5) is 55.9. The van der Waals surface area contributed by atoms with Crippen molar-refractivity contribution in [2.24, 2.45) is 10.7 Å².